The van der Waals surface area contributed by atoms with Crippen LogP contribution in [0.3, 0.4) is 0 Å². The first-order chi connectivity index (χ1) is 14.9. The maximum Gasteiger partial charge on any atom is 0.350 e. The number of rotatable bonds is 8. The van der Waals surface area contributed by atoms with Crippen molar-refractivity contribution in [2.24, 2.45) is 5.92 Å². The van der Waals surface area contributed by atoms with E-state index in [0.29, 0.717) is 49.5 Å². The summed E-state index contributed by atoms with van der Waals surface area (Å²) >= 11 is 0. The van der Waals surface area contributed by atoms with Crippen LogP contribution in [0, 0.1) is 5.92 Å². The third-order valence-corrected chi connectivity index (χ3v) is 5.79. The van der Waals surface area contributed by atoms with Gasteiger partial charge in [-0.2, -0.15) is 0 Å². The molecule has 6 nitrogen and oxygen atoms in total. The molecule has 1 saturated carbocycles. The lowest BCUT2D eigenvalue weighted by Crippen LogP contribution is -2.32. The minimum absolute atomic E-state index is 0.149. The van der Waals surface area contributed by atoms with Crippen LogP contribution in [0.2, 0.25) is 0 Å². The summed E-state index contributed by atoms with van der Waals surface area (Å²) in [6.45, 7) is 4.34. The smallest absolute Gasteiger partial charge is 0.350 e. The number of ketones is 1. The Morgan fingerprint density at radius 1 is 0.968 bits per heavy atom. The number of carbonyl (C=O) groups is 2. The summed E-state index contributed by atoms with van der Waals surface area (Å²) in [7, 11) is 3.11. The fraction of sp³-hybridized carbons (Fsp3) is 0.440. The maximum atomic E-state index is 12.8. The van der Waals surface area contributed by atoms with Crippen molar-refractivity contribution >= 4 is 11.8 Å². The van der Waals surface area contributed by atoms with Crippen LogP contribution in [0.25, 0.3) is 11.1 Å². The van der Waals surface area contributed by atoms with Crippen LogP contribution < -0.4 is 14.2 Å². The molecule has 0 N–H and O–H groups in total. The van der Waals surface area contributed by atoms with Gasteiger partial charge in [-0.1, -0.05) is 32.0 Å². The predicted octanol–water partition coefficient (Wildman–Crippen LogP) is 4.61. The summed E-state index contributed by atoms with van der Waals surface area (Å²) in [5, 5.41) is 0. The Bertz CT molecular complexity index is 1020. The number of Topliss-reactive ketones (excluding diaryl/α,β-unsaturated/α-hetero) is 1. The molecular formula is C25H28O6. The van der Waals surface area contributed by atoms with Gasteiger partial charge >= 0.3 is 5.97 Å². The molecule has 0 bridgehead atoms. The van der Waals surface area contributed by atoms with Gasteiger partial charge in [-0.3, -0.25) is 4.79 Å². The van der Waals surface area contributed by atoms with Crippen molar-refractivity contribution in [1.82, 2.24) is 0 Å². The molecule has 1 fully saturated rings. The molecule has 0 radical (unpaired) electrons. The minimum atomic E-state index is -1.02. The average Bonchev–Trinajstić information content (AvgIpc) is 3.46. The zero-order valence-corrected chi connectivity index (χ0v) is 18.4. The zero-order chi connectivity index (χ0) is 22.2. The lowest BCUT2D eigenvalue weighted by atomic mass is 9.95. The number of fused-ring (bicyclic) bond motifs is 1. The molecule has 2 aromatic carbocycles. The highest BCUT2D eigenvalue weighted by Gasteiger charge is 2.55. The number of carbonyl (C=O) groups excluding carboxylic acids is 2. The van der Waals surface area contributed by atoms with Crippen LogP contribution in [-0.4, -0.2) is 38.2 Å². The number of ether oxygens (including phenoxy) is 4. The molecular weight excluding hydrogens is 396 g/mol. The van der Waals surface area contributed by atoms with E-state index in [2.05, 4.69) is 0 Å². The molecule has 0 amide bonds. The molecule has 6 heteroatoms. The zero-order valence-electron chi connectivity index (χ0n) is 18.4. The second kappa shape index (κ2) is 8.25. The Hall–Kier alpha value is -3.02. The summed E-state index contributed by atoms with van der Waals surface area (Å²) in [6.07, 6.45) is 2.34. The first kappa shape index (κ1) is 21.2. The third kappa shape index (κ3) is 3.87. The summed E-state index contributed by atoms with van der Waals surface area (Å²) < 4.78 is 23.0. The first-order valence-electron chi connectivity index (χ1n) is 10.7. The number of benzene rings is 2. The van der Waals surface area contributed by atoms with E-state index in [4.69, 9.17) is 18.9 Å². The summed E-state index contributed by atoms with van der Waals surface area (Å²) in [5.74, 6) is 1.40. The number of methoxy groups -OCH3 is 2. The second-order valence-electron chi connectivity index (χ2n) is 8.52. The van der Waals surface area contributed by atoms with Gasteiger partial charge in [0.15, 0.2) is 17.3 Å². The quantitative estimate of drug-likeness (QED) is 0.577. The molecule has 0 aromatic heterocycles. The van der Waals surface area contributed by atoms with E-state index < -0.39 is 5.60 Å². The fourth-order valence-corrected chi connectivity index (χ4v) is 3.99. The van der Waals surface area contributed by atoms with Crippen LogP contribution in [0.4, 0.5) is 0 Å². The van der Waals surface area contributed by atoms with E-state index in [1.807, 2.05) is 44.2 Å². The van der Waals surface area contributed by atoms with E-state index in [0.717, 1.165) is 22.3 Å². The first-order valence-corrected chi connectivity index (χ1v) is 10.7. The fourth-order valence-electron chi connectivity index (χ4n) is 3.99. The molecule has 0 atom stereocenters. The van der Waals surface area contributed by atoms with Crippen LogP contribution in [-0.2, 0) is 16.0 Å². The van der Waals surface area contributed by atoms with Gasteiger partial charge in [0.05, 0.1) is 20.8 Å². The van der Waals surface area contributed by atoms with Gasteiger partial charge in [0.2, 0.25) is 11.4 Å². The third-order valence-electron chi connectivity index (χ3n) is 5.79. The Kier molecular flexibility index (Phi) is 5.65. The van der Waals surface area contributed by atoms with Gasteiger partial charge < -0.3 is 18.9 Å². The lowest BCUT2D eigenvalue weighted by molar-refractivity contribution is -0.155. The Morgan fingerprint density at radius 3 is 2.35 bits per heavy atom. The van der Waals surface area contributed by atoms with E-state index in [9.17, 15) is 9.59 Å². The van der Waals surface area contributed by atoms with Crippen LogP contribution in [0.5, 0.6) is 17.2 Å². The van der Waals surface area contributed by atoms with Crippen molar-refractivity contribution in [1.29, 1.82) is 0 Å². The Balaban J connectivity index is 1.79. The molecule has 0 saturated heterocycles. The Morgan fingerprint density at radius 2 is 1.71 bits per heavy atom. The number of hydrogen-bond donors (Lipinski definition) is 0. The molecule has 4 rings (SSSR count). The van der Waals surface area contributed by atoms with E-state index in [-0.39, 0.29) is 17.7 Å². The topological polar surface area (TPSA) is 71.1 Å². The molecule has 0 heterocycles. The maximum absolute atomic E-state index is 12.8. The Labute approximate surface area is 182 Å². The van der Waals surface area contributed by atoms with Crippen molar-refractivity contribution < 1.29 is 28.5 Å². The van der Waals surface area contributed by atoms with Crippen LogP contribution >= 0.6 is 0 Å². The highest BCUT2D eigenvalue weighted by molar-refractivity contribution is 6.02. The van der Waals surface area contributed by atoms with E-state index in [1.165, 1.54) is 0 Å². The highest BCUT2D eigenvalue weighted by Crippen LogP contribution is 2.51. The van der Waals surface area contributed by atoms with Gasteiger partial charge in [0.25, 0.3) is 0 Å². The molecule has 2 aromatic rings. The molecule has 0 unspecified atom stereocenters. The van der Waals surface area contributed by atoms with Gasteiger partial charge in [0, 0.05) is 30.4 Å². The molecule has 2 aliphatic carbocycles. The average molecular weight is 424 g/mol. The van der Waals surface area contributed by atoms with Crippen molar-refractivity contribution in [2.45, 2.75) is 45.1 Å². The standard InChI is InChI=1S/C25H28O6/c1-15(2)14-30-24(27)25(12-13-25)31-22-19(9-11-21(28-3)23(22)29-4)16-6-5-7-18-17(16)8-10-20(18)26/h5-7,9,11,15H,8,10,12-14H2,1-4H3. The largest absolute Gasteiger partial charge is 0.493 e. The van der Waals surface area contributed by atoms with E-state index >= 15 is 0 Å². The summed E-state index contributed by atoms with van der Waals surface area (Å²) in [6, 6.07) is 9.42. The predicted molar refractivity (Wildman–Crippen MR) is 116 cm³/mol. The molecule has 0 aliphatic heterocycles. The highest BCUT2D eigenvalue weighted by atomic mass is 16.6. The SMILES string of the molecule is COc1ccc(-c2cccc3c2CCC3=O)c(OC2(C(=O)OCC(C)C)CC2)c1OC. The molecule has 0 spiro atoms. The van der Waals surface area contributed by atoms with E-state index in [1.54, 1.807) is 14.2 Å². The second-order valence-corrected chi connectivity index (χ2v) is 8.52. The number of hydrogen-bond acceptors (Lipinski definition) is 6. The van der Waals surface area contributed by atoms with Crippen molar-refractivity contribution in [3.8, 4) is 28.4 Å². The summed E-state index contributed by atoms with van der Waals surface area (Å²) in [5.41, 5.74) is 2.40. The van der Waals surface area contributed by atoms with Crippen LogP contribution in [0.15, 0.2) is 30.3 Å². The summed E-state index contributed by atoms with van der Waals surface area (Å²) in [4.78, 5) is 25.1. The van der Waals surface area contributed by atoms with Crippen LogP contribution in [0.1, 0.15) is 49.0 Å². The van der Waals surface area contributed by atoms with Gasteiger partial charge in [0.1, 0.15) is 0 Å². The lowest BCUT2D eigenvalue weighted by Gasteiger charge is -2.23. The van der Waals surface area contributed by atoms with Crippen molar-refractivity contribution in [3.05, 3.63) is 41.5 Å². The number of esters is 1. The molecule has 2 aliphatic rings. The van der Waals surface area contributed by atoms with Gasteiger partial charge in [-0.25, -0.2) is 4.79 Å². The van der Waals surface area contributed by atoms with Gasteiger partial charge in [-0.15, -0.1) is 0 Å². The normalized spacial score (nSPS) is 16.1. The van der Waals surface area contributed by atoms with Crippen molar-refractivity contribution in [2.75, 3.05) is 20.8 Å². The van der Waals surface area contributed by atoms with Gasteiger partial charge in [-0.05, 0) is 35.6 Å². The van der Waals surface area contributed by atoms with Crippen molar-refractivity contribution in [3.63, 3.8) is 0 Å². The monoisotopic (exact) mass is 424 g/mol. The minimum Gasteiger partial charge on any atom is -0.493 e. The molecule has 31 heavy (non-hydrogen) atoms. The molecule has 164 valence electrons.